The van der Waals surface area contributed by atoms with Gasteiger partial charge in [0.25, 0.3) is 0 Å². The molecule has 2 N–H and O–H groups in total. The highest BCUT2D eigenvalue weighted by atomic mass is 15.1. The summed E-state index contributed by atoms with van der Waals surface area (Å²) in [6.45, 7) is 10.1. The van der Waals surface area contributed by atoms with Crippen LogP contribution in [-0.4, -0.2) is 36.1 Å². The number of rotatable bonds is 2. The minimum atomic E-state index is 1.06. The summed E-state index contributed by atoms with van der Waals surface area (Å²) >= 11 is 0. The summed E-state index contributed by atoms with van der Waals surface area (Å²) in [6.07, 6.45) is 3.44. The van der Waals surface area contributed by atoms with Gasteiger partial charge in [-0.1, -0.05) is 12.1 Å². The van der Waals surface area contributed by atoms with E-state index in [4.69, 9.17) is 0 Å². The molecule has 3 rings (SSSR count). The van der Waals surface area contributed by atoms with Gasteiger partial charge in [0.1, 0.15) is 0 Å². The lowest BCUT2D eigenvalue weighted by atomic mass is 10.0. The normalized spacial score (nSPS) is 17.8. The summed E-state index contributed by atoms with van der Waals surface area (Å²) < 4.78 is 0. The first kappa shape index (κ1) is 12.7. The minimum absolute atomic E-state index is 1.06. The molecule has 0 atom stereocenters. The maximum Gasteiger partial charge on any atom is 0.0489 e. The monoisotopic (exact) mass is 257 g/mol. The average molecular weight is 257 g/mol. The fraction of sp³-hybridized carbons (Fsp3) is 0.500. The zero-order chi connectivity index (χ0) is 13.2. The maximum atomic E-state index is 3.46. The Morgan fingerprint density at radius 1 is 1.16 bits per heavy atom. The summed E-state index contributed by atoms with van der Waals surface area (Å²) in [4.78, 5) is 6.01. The minimum Gasteiger partial charge on any atom is -0.361 e. The van der Waals surface area contributed by atoms with Gasteiger partial charge in [-0.25, -0.2) is 0 Å². The van der Waals surface area contributed by atoms with Crippen LogP contribution in [0.25, 0.3) is 10.9 Å². The lowest BCUT2D eigenvalue weighted by Crippen LogP contribution is -2.27. The first-order chi connectivity index (χ1) is 9.25. The second-order valence-electron chi connectivity index (χ2n) is 5.62. The topological polar surface area (TPSA) is 31.1 Å². The molecule has 2 aromatic rings. The summed E-state index contributed by atoms with van der Waals surface area (Å²) in [6, 6.07) is 4.50. The second kappa shape index (κ2) is 5.35. The molecule has 1 saturated heterocycles. The Labute approximate surface area is 115 Å². The van der Waals surface area contributed by atoms with E-state index in [-0.39, 0.29) is 0 Å². The molecule has 1 aromatic carbocycles. The van der Waals surface area contributed by atoms with Crippen LogP contribution in [0.3, 0.4) is 0 Å². The zero-order valence-corrected chi connectivity index (χ0v) is 11.9. The average Bonchev–Trinajstić information content (AvgIpc) is 2.63. The number of aryl methyl sites for hydroxylation is 2. The molecule has 0 saturated carbocycles. The number of aromatic nitrogens is 1. The number of nitrogens with one attached hydrogen (secondary N) is 2. The number of benzene rings is 1. The molecule has 0 unspecified atom stereocenters. The van der Waals surface area contributed by atoms with E-state index < -0.39 is 0 Å². The van der Waals surface area contributed by atoms with Gasteiger partial charge in [-0.2, -0.15) is 0 Å². The predicted octanol–water partition coefficient (Wildman–Crippen LogP) is 2.58. The Hall–Kier alpha value is -1.32. The molecule has 1 fully saturated rings. The van der Waals surface area contributed by atoms with Gasteiger partial charge in [0.2, 0.25) is 0 Å². The molecule has 0 bridgehead atoms. The number of hydrogen-bond acceptors (Lipinski definition) is 2. The van der Waals surface area contributed by atoms with Crippen LogP contribution in [0.2, 0.25) is 0 Å². The van der Waals surface area contributed by atoms with Crippen molar-refractivity contribution >= 4 is 10.9 Å². The van der Waals surface area contributed by atoms with Gasteiger partial charge in [0, 0.05) is 36.7 Å². The molecule has 0 aliphatic carbocycles. The Balaban J connectivity index is 1.86. The van der Waals surface area contributed by atoms with Crippen LogP contribution in [0.5, 0.6) is 0 Å². The van der Waals surface area contributed by atoms with E-state index in [0.717, 1.165) is 26.2 Å². The SMILES string of the molecule is Cc1ccc2c(CN3CCCNCC3)c[nH]c2c1C. The first-order valence-corrected chi connectivity index (χ1v) is 7.25. The second-order valence-corrected chi connectivity index (χ2v) is 5.62. The largest absolute Gasteiger partial charge is 0.361 e. The smallest absolute Gasteiger partial charge is 0.0489 e. The van der Waals surface area contributed by atoms with Crippen molar-refractivity contribution in [3.63, 3.8) is 0 Å². The summed E-state index contributed by atoms with van der Waals surface area (Å²) in [7, 11) is 0. The third-order valence-corrected chi connectivity index (χ3v) is 4.30. The lowest BCUT2D eigenvalue weighted by molar-refractivity contribution is 0.285. The van der Waals surface area contributed by atoms with Crippen molar-refractivity contribution < 1.29 is 0 Å². The van der Waals surface area contributed by atoms with Crippen molar-refractivity contribution in [1.82, 2.24) is 15.2 Å². The predicted molar refractivity (Wildman–Crippen MR) is 80.5 cm³/mol. The molecule has 19 heavy (non-hydrogen) atoms. The molecular formula is C16H23N3. The Morgan fingerprint density at radius 2 is 2.05 bits per heavy atom. The standard InChI is InChI=1S/C16H23N3/c1-12-4-5-15-14(10-18-16(15)13(12)2)11-19-8-3-6-17-7-9-19/h4-5,10,17-18H,3,6-9,11H2,1-2H3. The Kier molecular flexibility index (Phi) is 3.58. The zero-order valence-electron chi connectivity index (χ0n) is 11.9. The van der Waals surface area contributed by atoms with Crippen molar-refractivity contribution in [2.75, 3.05) is 26.2 Å². The molecule has 0 spiro atoms. The van der Waals surface area contributed by atoms with Crippen LogP contribution in [0.4, 0.5) is 0 Å². The molecule has 3 heteroatoms. The highest BCUT2D eigenvalue weighted by Crippen LogP contribution is 2.24. The highest BCUT2D eigenvalue weighted by Gasteiger charge is 2.12. The Morgan fingerprint density at radius 3 is 2.95 bits per heavy atom. The van der Waals surface area contributed by atoms with Gasteiger partial charge in [-0.3, -0.25) is 4.90 Å². The third-order valence-electron chi connectivity index (χ3n) is 4.30. The number of nitrogens with zero attached hydrogens (tertiary/aromatic N) is 1. The van der Waals surface area contributed by atoms with Crippen LogP contribution in [-0.2, 0) is 6.54 Å². The molecule has 102 valence electrons. The molecule has 1 aliphatic rings. The fourth-order valence-corrected chi connectivity index (χ4v) is 2.94. The van der Waals surface area contributed by atoms with Crippen molar-refractivity contribution in [1.29, 1.82) is 0 Å². The van der Waals surface area contributed by atoms with Crippen LogP contribution in [0, 0.1) is 13.8 Å². The van der Waals surface area contributed by atoms with Crippen molar-refractivity contribution in [2.45, 2.75) is 26.8 Å². The summed E-state index contributed by atoms with van der Waals surface area (Å²) in [5.74, 6) is 0. The van der Waals surface area contributed by atoms with Gasteiger partial charge in [0.15, 0.2) is 0 Å². The molecule has 0 amide bonds. The van der Waals surface area contributed by atoms with Gasteiger partial charge in [-0.05, 0) is 50.0 Å². The van der Waals surface area contributed by atoms with Crippen LogP contribution >= 0.6 is 0 Å². The molecule has 1 aromatic heterocycles. The fourth-order valence-electron chi connectivity index (χ4n) is 2.94. The molecule has 3 nitrogen and oxygen atoms in total. The van der Waals surface area contributed by atoms with E-state index >= 15 is 0 Å². The third kappa shape index (κ3) is 2.53. The molecular weight excluding hydrogens is 234 g/mol. The van der Waals surface area contributed by atoms with Crippen LogP contribution in [0.15, 0.2) is 18.3 Å². The maximum absolute atomic E-state index is 3.46. The van der Waals surface area contributed by atoms with Crippen molar-refractivity contribution in [2.24, 2.45) is 0 Å². The molecule has 1 aliphatic heterocycles. The van der Waals surface area contributed by atoms with E-state index in [1.165, 1.54) is 40.6 Å². The van der Waals surface area contributed by atoms with E-state index in [2.05, 4.69) is 47.4 Å². The first-order valence-electron chi connectivity index (χ1n) is 7.25. The number of hydrogen-bond donors (Lipinski definition) is 2. The van der Waals surface area contributed by atoms with Gasteiger partial charge in [-0.15, -0.1) is 0 Å². The van der Waals surface area contributed by atoms with Crippen molar-refractivity contribution in [3.05, 3.63) is 35.0 Å². The summed E-state index contributed by atoms with van der Waals surface area (Å²) in [5, 5.41) is 4.85. The quantitative estimate of drug-likeness (QED) is 0.866. The summed E-state index contributed by atoms with van der Waals surface area (Å²) in [5.41, 5.74) is 5.48. The molecule has 0 radical (unpaired) electrons. The number of H-pyrrole nitrogens is 1. The van der Waals surface area contributed by atoms with Gasteiger partial charge >= 0.3 is 0 Å². The van der Waals surface area contributed by atoms with Crippen LogP contribution in [0.1, 0.15) is 23.1 Å². The van der Waals surface area contributed by atoms with E-state index in [0.29, 0.717) is 0 Å². The van der Waals surface area contributed by atoms with Gasteiger partial charge in [0.05, 0.1) is 0 Å². The Bertz CT molecular complexity index is 563. The highest BCUT2D eigenvalue weighted by molar-refractivity contribution is 5.86. The van der Waals surface area contributed by atoms with E-state index in [1.807, 2.05) is 0 Å². The van der Waals surface area contributed by atoms with Crippen LogP contribution < -0.4 is 5.32 Å². The lowest BCUT2D eigenvalue weighted by Gasteiger charge is -2.18. The van der Waals surface area contributed by atoms with Gasteiger partial charge < -0.3 is 10.3 Å². The van der Waals surface area contributed by atoms with E-state index in [1.54, 1.807) is 0 Å². The van der Waals surface area contributed by atoms with Crippen molar-refractivity contribution in [3.8, 4) is 0 Å². The number of aromatic amines is 1. The number of fused-ring (bicyclic) bond motifs is 1. The molecule has 2 heterocycles. The van der Waals surface area contributed by atoms with E-state index in [9.17, 15) is 0 Å².